The first-order chi connectivity index (χ1) is 18.6. The molecule has 0 fully saturated rings. The number of carbonyl (C=O) groups excluding carboxylic acids is 2. The number of carboxylic acid groups (broad SMARTS) is 1. The van der Waals surface area contributed by atoms with Gasteiger partial charge < -0.3 is 20.5 Å². The van der Waals surface area contributed by atoms with Crippen molar-refractivity contribution in [2.24, 2.45) is 0 Å². The molecule has 1 atom stereocenters. The average molecular weight is 552 g/mol. The van der Waals surface area contributed by atoms with Crippen LogP contribution in [0, 0.1) is 0 Å². The molecule has 3 amide bonds. The lowest BCUT2D eigenvalue weighted by Crippen LogP contribution is -2.47. The molecule has 3 aromatic carbocycles. The summed E-state index contributed by atoms with van der Waals surface area (Å²) in [5.74, 6) is -1.03. The first-order valence-electron chi connectivity index (χ1n) is 12.3. The number of benzene rings is 3. The molecule has 3 aromatic rings. The normalized spacial score (nSPS) is 13.1. The van der Waals surface area contributed by atoms with Crippen molar-refractivity contribution in [3.8, 4) is 11.1 Å². The average Bonchev–Trinajstić information content (AvgIpc) is 3.22. The molecule has 0 spiro atoms. The minimum atomic E-state index is -3.39. The molecule has 0 aromatic heterocycles. The Morgan fingerprint density at radius 3 is 2.08 bits per heavy atom. The Labute approximate surface area is 226 Å². The Balaban J connectivity index is 1.38. The number of fused-ring (bicyclic) bond motifs is 3. The minimum Gasteiger partial charge on any atom is -0.465 e. The summed E-state index contributed by atoms with van der Waals surface area (Å²) in [7, 11) is -3.39. The van der Waals surface area contributed by atoms with E-state index in [1.807, 2.05) is 48.5 Å². The van der Waals surface area contributed by atoms with Crippen molar-refractivity contribution < 1.29 is 32.6 Å². The third kappa shape index (κ3) is 7.35. The molecule has 4 N–H and O–H groups in total. The second-order valence-electron chi connectivity index (χ2n) is 9.29. The van der Waals surface area contributed by atoms with Crippen LogP contribution in [-0.2, 0) is 25.9 Å². The predicted octanol–water partition coefficient (Wildman–Crippen LogP) is 3.73. The van der Waals surface area contributed by atoms with Crippen molar-refractivity contribution in [2.45, 2.75) is 24.9 Å². The molecule has 39 heavy (non-hydrogen) atoms. The van der Waals surface area contributed by atoms with Crippen molar-refractivity contribution >= 4 is 33.6 Å². The quantitative estimate of drug-likeness (QED) is 0.300. The lowest BCUT2D eigenvalue weighted by molar-refractivity contribution is -0.123. The van der Waals surface area contributed by atoms with Gasteiger partial charge in [0.1, 0.15) is 22.5 Å². The summed E-state index contributed by atoms with van der Waals surface area (Å²) >= 11 is 0. The SMILES string of the molecule is CS(=O)(=O)CCC(NC(=O)OCC1c2ccccc2-c2ccccc21)C(=O)NCc1ccc(NC(=O)O)cc1. The molecule has 0 radical (unpaired) electrons. The lowest BCUT2D eigenvalue weighted by Gasteiger charge is -2.20. The topological polar surface area (TPSA) is 151 Å². The Morgan fingerprint density at radius 1 is 0.923 bits per heavy atom. The van der Waals surface area contributed by atoms with Gasteiger partial charge in [-0.25, -0.2) is 18.0 Å². The summed E-state index contributed by atoms with van der Waals surface area (Å²) in [6.45, 7) is 0.144. The highest BCUT2D eigenvalue weighted by Gasteiger charge is 2.30. The van der Waals surface area contributed by atoms with Gasteiger partial charge in [-0.15, -0.1) is 0 Å². The van der Waals surface area contributed by atoms with E-state index in [2.05, 4.69) is 16.0 Å². The van der Waals surface area contributed by atoms with Crippen LogP contribution < -0.4 is 16.0 Å². The predicted molar refractivity (Wildman–Crippen MR) is 146 cm³/mol. The van der Waals surface area contributed by atoms with Crippen LogP contribution in [0.5, 0.6) is 0 Å². The maximum absolute atomic E-state index is 12.9. The van der Waals surface area contributed by atoms with E-state index in [-0.39, 0.29) is 31.2 Å². The molecular formula is C28H29N3O7S. The molecule has 0 saturated heterocycles. The van der Waals surface area contributed by atoms with Crippen molar-refractivity contribution in [3.05, 3.63) is 89.5 Å². The van der Waals surface area contributed by atoms with Gasteiger partial charge in [-0.3, -0.25) is 10.1 Å². The zero-order chi connectivity index (χ0) is 28.0. The number of nitrogens with one attached hydrogen (secondary N) is 3. The number of carbonyl (C=O) groups is 3. The molecule has 1 unspecified atom stereocenters. The van der Waals surface area contributed by atoms with Crippen LogP contribution in [0.15, 0.2) is 72.8 Å². The molecule has 1 aliphatic rings. The van der Waals surface area contributed by atoms with Gasteiger partial charge in [-0.2, -0.15) is 0 Å². The second-order valence-corrected chi connectivity index (χ2v) is 11.5. The van der Waals surface area contributed by atoms with E-state index in [0.717, 1.165) is 28.5 Å². The Morgan fingerprint density at radius 2 is 1.51 bits per heavy atom. The highest BCUT2D eigenvalue weighted by atomic mass is 32.2. The third-order valence-corrected chi connectivity index (χ3v) is 7.38. The van der Waals surface area contributed by atoms with Crippen molar-refractivity contribution in [3.63, 3.8) is 0 Å². The standard InChI is InChI=1S/C28H29N3O7S/c1-39(36,37)15-14-25(26(32)29-16-18-10-12-19(13-11-18)30-27(33)34)31-28(35)38-17-24-22-8-4-2-6-20(22)21-7-3-5-9-23(21)24/h2-13,24-25,30H,14-17H2,1H3,(H,29,32)(H,31,35)(H,33,34). The van der Waals surface area contributed by atoms with E-state index in [9.17, 15) is 22.8 Å². The van der Waals surface area contributed by atoms with Gasteiger partial charge in [0.2, 0.25) is 5.91 Å². The van der Waals surface area contributed by atoms with Crippen molar-refractivity contribution in [2.75, 3.05) is 23.9 Å². The summed E-state index contributed by atoms with van der Waals surface area (Å²) in [5, 5.41) is 16.2. The van der Waals surface area contributed by atoms with E-state index < -0.39 is 34.0 Å². The number of rotatable bonds is 10. The summed E-state index contributed by atoms with van der Waals surface area (Å²) in [6, 6.07) is 21.0. The van der Waals surface area contributed by atoms with Gasteiger partial charge in [0, 0.05) is 24.4 Å². The summed E-state index contributed by atoms with van der Waals surface area (Å²) in [5.41, 5.74) is 5.31. The summed E-state index contributed by atoms with van der Waals surface area (Å²) < 4.78 is 29.0. The molecule has 204 valence electrons. The fourth-order valence-corrected chi connectivity index (χ4v) is 5.19. The maximum atomic E-state index is 12.9. The lowest BCUT2D eigenvalue weighted by atomic mass is 9.98. The molecule has 10 nitrogen and oxygen atoms in total. The zero-order valence-electron chi connectivity index (χ0n) is 21.2. The van der Waals surface area contributed by atoms with Crippen LogP contribution in [0.3, 0.4) is 0 Å². The Bertz CT molecular complexity index is 1430. The molecular weight excluding hydrogens is 522 g/mol. The number of anilines is 1. The van der Waals surface area contributed by atoms with Crippen LogP contribution in [0.4, 0.5) is 15.3 Å². The van der Waals surface area contributed by atoms with Crippen LogP contribution in [-0.4, -0.2) is 56.3 Å². The highest BCUT2D eigenvalue weighted by molar-refractivity contribution is 7.90. The summed E-state index contributed by atoms with van der Waals surface area (Å²) in [6.07, 6.45) is -1.09. The minimum absolute atomic E-state index is 0.0526. The van der Waals surface area contributed by atoms with Gasteiger partial charge in [-0.1, -0.05) is 60.7 Å². The number of amides is 3. The highest BCUT2D eigenvalue weighted by Crippen LogP contribution is 2.44. The van der Waals surface area contributed by atoms with Gasteiger partial charge in [0.05, 0.1) is 5.75 Å². The van der Waals surface area contributed by atoms with Crippen LogP contribution >= 0.6 is 0 Å². The third-order valence-electron chi connectivity index (χ3n) is 6.40. The number of sulfone groups is 1. The summed E-state index contributed by atoms with van der Waals surface area (Å²) in [4.78, 5) is 36.4. The van der Waals surface area contributed by atoms with Crippen molar-refractivity contribution in [1.29, 1.82) is 0 Å². The number of ether oxygens (including phenoxy) is 1. The van der Waals surface area contributed by atoms with E-state index in [1.165, 1.54) is 0 Å². The zero-order valence-corrected chi connectivity index (χ0v) is 22.0. The Hall–Kier alpha value is -4.38. The monoisotopic (exact) mass is 551 g/mol. The van der Waals surface area contributed by atoms with Gasteiger partial charge in [0.25, 0.3) is 0 Å². The first-order valence-corrected chi connectivity index (χ1v) is 14.3. The van der Waals surface area contributed by atoms with Gasteiger partial charge >= 0.3 is 12.2 Å². The number of alkyl carbamates (subject to hydrolysis) is 1. The van der Waals surface area contributed by atoms with E-state index in [4.69, 9.17) is 9.84 Å². The smallest absolute Gasteiger partial charge is 0.409 e. The van der Waals surface area contributed by atoms with E-state index in [1.54, 1.807) is 24.3 Å². The molecule has 1 aliphatic carbocycles. The molecule has 0 aliphatic heterocycles. The van der Waals surface area contributed by atoms with Crippen molar-refractivity contribution in [1.82, 2.24) is 10.6 Å². The van der Waals surface area contributed by atoms with Gasteiger partial charge in [-0.05, 0) is 46.4 Å². The Kier molecular flexibility index (Phi) is 8.50. The fraction of sp³-hybridized carbons (Fsp3) is 0.250. The first kappa shape index (κ1) is 27.6. The van der Waals surface area contributed by atoms with E-state index in [0.29, 0.717) is 11.3 Å². The van der Waals surface area contributed by atoms with Gasteiger partial charge in [0.15, 0.2) is 0 Å². The van der Waals surface area contributed by atoms with Crippen LogP contribution in [0.2, 0.25) is 0 Å². The molecule has 0 heterocycles. The van der Waals surface area contributed by atoms with E-state index >= 15 is 0 Å². The second kappa shape index (κ2) is 12.0. The molecule has 0 saturated carbocycles. The fourth-order valence-electron chi connectivity index (χ4n) is 4.52. The molecule has 11 heteroatoms. The largest absolute Gasteiger partial charge is 0.465 e. The number of hydrogen-bond donors (Lipinski definition) is 4. The molecule has 0 bridgehead atoms. The molecule has 4 rings (SSSR count). The van der Waals surface area contributed by atoms with Crippen LogP contribution in [0.25, 0.3) is 11.1 Å². The maximum Gasteiger partial charge on any atom is 0.409 e. The van der Waals surface area contributed by atoms with Crippen LogP contribution in [0.1, 0.15) is 29.0 Å². The number of hydrogen-bond acceptors (Lipinski definition) is 6.